The normalized spacial score (nSPS) is 12.4. The van der Waals surface area contributed by atoms with Crippen molar-refractivity contribution >= 4 is 0 Å². The standard InChI is InChI=1S/C12H19NO3/c1-10(13-16-9-8-14-2)11-4-6-12(15-3)7-5-11/h4-7,10,13H,8-9H2,1-3H3. The Morgan fingerprint density at radius 1 is 1.12 bits per heavy atom. The average Bonchev–Trinajstić information content (AvgIpc) is 2.34. The fourth-order valence-corrected chi connectivity index (χ4v) is 1.27. The van der Waals surface area contributed by atoms with Gasteiger partial charge in [0.05, 0.1) is 26.4 Å². The van der Waals surface area contributed by atoms with E-state index in [4.69, 9.17) is 14.3 Å². The molecule has 0 saturated carbocycles. The lowest BCUT2D eigenvalue weighted by atomic mass is 10.1. The molecular formula is C12H19NO3. The van der Waals surface area contributed by atoms with Gasteiger partial charge in [-0.25, -0.2) is 0 Å². The zero-order chi connectivity index (χ0) is 11.8. The van der Waals surface area contributed by atoms with Crippen LogP contribution < -0.4 is 10.2 Å². The predicted molar refractivity (Wildman–Crippen MR) is 62.4 cm³/mol. The molecule has 4 heteroatoms. The third kappa shape index (κ3) is 4.18. The van der Waals surface area contributed by atoms with Crippen LogP contribution in [0.3, 0.4) is 0 Å². The zero-order valence-electron chi connectivity index (χ0n) is 10.0. The van der Waals surface area contributed by atoms with Gasteiger partial charge in [0.2, 0.25) is 0 Å². The molecule has 0 aliphatic carbocycles. The Morgan fingerprint density at radius 3 is 2.38 bits per heavy atom. The van der Waals surface area contributed by atoms with Gasteiger partial charge in [-0.3, -0.25) is 4.84 Å². The summed E-state index contributed by atoms with van der Waals surface area (Å²) in [5.41, 5.74) is 4.10. The van der Waals surface area contributed by atoms with Crippen LogP contribution in [0, 0.1) is 0 Å². The third-order valence-electron chi connectivity index (χ3n) is 2.27. The molecule has 0 bridgehead atoms. The zero-order valence-corrected chi connectivity index (χ0v) is 10.0. The maximum Gasteiger partial charge on any atom is 0.118 e. The molecule has 0 amide bonds. The van der Waals surface area contributed by atoms with E-state index in [0.29, 0.717) is 13.2 Å². The molecule has 0 aliphatic heterocycles. The number of nitrogens with one attached hydrogen (secondary N) is 1. The molecule has 16 heavy (non-hydrogen) atoms. The van der Waals surface area contributed by atoms with Gasteiger partial charge in [0.25, 0.3) is 0 Å². The first-order valence-electron chi connectivity index (χ1n) is 5.28. The van der Waals surface area contributed by atoms with E-state index >= 15 is 0 Å². The second kappa shape index (κ2) is 7.22. The lowest BCUT2D eigenvalue weighted by Gasteiger charge is -2.14. The van der Waals surface area contributed by atoms with Crippen LogP contribution in [0.15, 0.2) is 24.3 Å². The van der Waals surface area contributed by atoms with Crippen molar-refractivity contribution in [3.05, 3.63) is 29.8 Å². The van der Waals surface area contributed by atoms with Crippen molar-refractivity contribution in [2.45, 2.75) is 13.0 Å². The predicted octanol–water partition coefficient (Wildman–Crippen LogP) is 1.92. The molecule has 0 fully saturated rings. The Kier molecular flexibility index (Phi) is 5.85. The summed E-state index contributed by atoms with van der Waals surface area (Å²) in [5.74, 6) is 0.858. The lowest BCUT2D eigenvalue weighted by molar-refractivity contribution is -0.00925. The van der Waals surface area contributed by atoms with Crippen LogP contribution in [0.2, 0.25) is 0 Å². The summed E-state index contributed by atoms with van der Waals surface area (Å²) in [6.07, 6.45) is 0. The molecule has 0 spiro atoms. The number of hydrogen-bond acceptors (Lipinski definition) is 4. The minimum absolute atomic E-state index is 0.141. The van der Waals surface area contributed by atoms with E-state index < -0.39 is 0 Å². The molecule has 1 atom stereocenters. The molecule has 1 aromatic carbocycles. The first-order valence-corrected chi connectivity index (χ1v) is 5.28. The molecule has 0 heterocycles. The molecule has 90 valence electrons. The second-order valence-corrected chi connectivity index (χ2v) is 3.45. The first kappa shape index (κ1) is 13.0. The van der Waals surface area contributed by atoms with Gasteiger partial charge in [-0.05, 0) is 24.6 Å². The maximum atomic E-state index is 5.24. The van der Waals surface area contributed by atoms with E-state index in [2.05, 4.69) is 5.48 Å². The topological polar surface area (TPSA) is 39.7 Å². The van der Waals surface area contributed by atoms with E-state index in [9.17, 15) is 0 Å². The summed E-state index contributed by atoms with van der Waals surface area (Å²) in [6.45, 7) is 3.16. The fourth-order valence-electron chi connectivity index (χ4n) is 1.27. The number of benzene rings is 1. The Bertz CT molecular complexity index is 287. The van der Waals surface area contributed by atoms with Crippen LogP contribution in [-0.4, -0.2) is 27.4 Å². The summed E-state index contributed by atoms with van der Waals surface area (Å²) in [4.78, 5) is 5.24. The number of methoxy groups -OCH3 is 2. The van der Waals surface area contributed by atoms with Crippen molar-refractivity contribution in [1.82, 2.24) is 5.48 Å². The Morgan fingerprint density at radius 2 is 1.81 bits per heavy atom. The minimum Gasteiger partial charge on any atom is -0.497 e. The van der Waals surface area contributed by atoms with Crippen molar-refractivity contribution in [3.63, 3.8) is 0 Å². The summed E-state index contributed by atoms with van der Waals surface area (Å²) in [7, 11) is 3.31. The number of hydrogen-bond donors (Lipinski definition) is 1. The highest BCUT2D eigenvalue weighted by molar-refractivity contribution is 5.28. The molecule has 0 radical (unpaired) electrons. The van der Waals surface area contributed by atoms with E-state index in [-0.39, 0.29) is 6.04 Å². The molecule has 1 aromatic rings. The highest BCUT2D eigenvalue weighted by atomic mass is 16.7. The molecule has 0 saturated heterocycles. The second-order valence-electron chi connectivity index (χ2n) is 3.45. The van der Waals surface area contributed by atoms with Gasteiger partial charge < -0.3 is 9.47 Å². The van der Waals surface area contributed by atoms with E-state index in [1.807, 2.05) is 31.2 Å². The number of ether oxygens (including phenoxy) is 2. The van der Waals surface area contributed by atoms with Crippen molar-refractivity contribution in [2.75, 3.05) is 27.4 Å². The molecule has 1 rings (SSSR count). The Labute approximate surface area is 96.5 Å². The van der Waals surface area contributed by atoms with Gasteiger partial charge in [0, 0.05) is 7.11 Å². The first-order chi connectivity index (χ1) is 7.77. The summed E-state index contributed by atoms with van der Waals surface area (Å²) >= 11 is 0. The largest absolute Gasteiger partial charge is 0.497 e. The van der Waals surface area contributed by atoms with Gasteiger partial charge in [-0.1, -0.05) is 12.1 Å². The van der Waals surface area contributed by atoms with Crippen LogP contribution >= 0.6 is 0 Å². The molecule has 0 aromatic heterocycles. The Balaban J connectivity index is 2.37. The van der Waals surface area contributed by atoms with E-state index in [1.165, 1.54) is 0 Å². The minimum atomic E-state index is 0.141. The summed E-state index contributed by atoms with van der Waals surface area (Å²) < 4.78 is 9.97. The van der Waals surface area contributed by atoms with Crippen LogP contribution in [0.25, 0.3) is 0 Å². The smallest absolute Gasteiger partial charge is 0.118 e. The van der Waals surface area contributed by atoms with Gasteiger partial charge in [0.15, 0.2) is 0 Å². The van der Waals surface area contributed by atoms with Crippen molar-refractivity contribution in [2.24, 2.45) is 0 Å². The lowest BCUT2D eigenvalue weighted by Crippen LogP contribution is -2.21. The van der Waals surface area contributed by atoms with E-state index in [1.54, 1.807) is 14.2 Å². The van der Waals surface area contributed by atoms with Gasteiger partial charge >= 0.3 is 0 Å². The van der Waals surface area contributed by atoms with E-state index in [0.717, 1.165) is 11.3 Å². The van der Waals surface area contributed by atoms with Crippen LogP contribution in [0.4, 0.5) is 0 Å². The van der Waals surface area contributed by atoms with Crippen molar-refractivity contribution < 1.29 is 14.3 Å². The maximum absolute atomic E-state index is 5.24. The fraction of sp³-hybridized carbons (Fsp3) is 0.500. The molecule has 1 N–H and O–H groups in total. The SMILES string of the molecule is COCCONC(C)c1ccc(OC)cc1. The highest BCUT2D eigenvalue weighted by Crippen LogP contribution is 2.16. The van der Waals surface area contributed by atoms with Gasteiger partial charge in [-0.15, -0.1) is 0 Å². The molecule has 0 aliphatic rings. The highest BCUT2D eigenvalue weighted by Gasteiger charge is 2.04. The summed E-state index contributed by atoms with van der Waals surface area (Å²) in [5, 5.41) is 0. The molecular weight excluding hydrogens is 206 g/mol. The molecule has 4 nitrogen and oxygen atoms in total. The van der Waals surface area contributed by atoms with Gasteiger partial charge in [0.1, 0.15) is 5.75 Å². The third-order valence-corrected chi connectivity index (χ3v) is 2.27. The Hall–Kier alpha value is -1.10. The number of rotatable bonds is 7. The van der Waals surface area contributed by atoms with Crippen molar-refractivity contribution in [3.8, 4) is 5.75 Å². The van der Waals surface area contributed by atoms with Crippen LogP contribution in [-0.2, 0) is 9.57 Å². The summed E-state index contributed by atoms with van der Waals surface area (Å²) in [6, 6.07) is 8.03. The number of hydroxylamine groups is 1. The van der Waals surface area contributed by atoms with Crippen LogP contribution in [0.1, 0.15) is 18.5 Å². The van der Waals surface area contributed by atoms with Gasteiger partial charge in [-0.2, -0.15) is 5.48 Å². The quantitative estimate of drug-likeness (QED) is 0.568. The van der Waals surface area contributed by atoms with Crippen molar-refractivity contribution in [1.29, 1.82) is 0 Å². The monoisotopic (exact) mass is 225 g/mol. The van der Waals surface area contributed by atoms with Crippen LogP contribution in [0.5, 0.6) is 5.75 Å². The average molecular weight is 225 g/mol. The molecule has 1 unspecified atom stereocenters.